The topological polar surface area (TPSA) is 53.4 Å². The molecule has 1 atom stereocenters. The van der Waals surface area contributed by atoms with Crippen molar-refractivity contribution in [2.45, 2.75) is 20.1 Å². The first kappa shape index (κ1) is 10.0. The highest BCUT2D eigenvalue weighted by Crippen LogP contribution is 2.60. The average Bonchev–Trinajstić information content (AvgIpc) is 3.01. The van der Waals surface area contributed by atoms with Crippen LogP contribution in [0.5, 0.6) is 5.75 Å². The second-order valence-corrected chi connectivity index (χ2v) is 7.92. The Labute approximate surface area is 149 Å². The van der Waals surface area contributed by atoms with Crippen LogP contribution in [0.4, 0.5) is 0 Å². The minimum Gasteiger partial charge on any atom is -0.414 e. The SMILES string of the molecule is [2H]C([2H])([2H])C([2H])([2H])C([2H])([2H])SP(=O)(OCC)Oc1cnn(-c2ccc(Cl)cc2)c1. The standard InChI is InChI=1S/C14H18ClN2O3PS/c1-3-9-22-21(18,19-4-2)20-14-10-16-17(11-14)13-7-5-12(15)6-8-13/h5-8,10-11H,3-4,9H2,1-2H3/i1D3,3D2,9D2. The Hall–Kier alpha value is -0.940. The van der Waals surface area contributed by atoms with Crippen molar-refractivity contribution in [2.75, 3.05) is 12.3 Å². The molecule has 0 fully saturated rings. The minimum atomic E-state index is -4.34. The van der Waals surface area contributed by atoms with E-state index < -0.39 is 25.7 Å². The second-order valence-electron chi connectivity index (χ2n) is 3.87. The van der Waals surface area contributed by atoms with Gasteiger partial charge in [-0.1, -0.05) is 18.5 Å². The highest BCUT2D eigenvalue weighted by atomic mass is 35.5. The molecule has 5 nitrogen and oxygen atoms in total. The van der Waals surface area contributed by atoms with Crippen LogP contribution in [0, 0.1) is 0 Å². The lowest BCUT2D eigenvalue weighted by atomic mass is 10.3. The summed E-state index contributed by atoms with van der Waals surface area (Å²) in [7, 11) is 0. The number of hydrogen-bond acceptors (Lipinski definition) is 5. The van der Waals surface area contributed by atoms with E-state index in [4.69, 9.17) is 30.2 Å². The lowest BCUT2D eigenvalue weighted by molar-refractivity contribution is 0.296. The molecule has 8 heteroatoms. The third-order valence-corrected chi connectivity index (χ3v) is 5.53. The molecule has 0 N–H and O–H groups in total. The number of rotatable bonds is 8. The van der Waals surface area contributed by atoms with Gasteiger partial charge in [-0.25, -0.2) is 9.25 Å². The Morgan fingerprint density at radius 1 is 1.50 bits per heavy atom. The maximum Gasteiger partial charge on any atom is 0.440 e. The first-order valence-corrected chi connectivity index (χ1v) is 9.50. The molecule has 0 aliphatic heterocycles. The van der Waals surface area contributed by atoms with Crippen molar-refractivity contribution in [3.8, 4) is 11.4 Å². The van der Waals surface area contributed by atoms with E-state index >= 15 is 0 Å². The summed E-state index contributed by atoms with van der Waals surface area (Å²) in [5, 5.41) is 4.58. The van der Waals surface area contributed by atoms with E-state index in [1.54, 1.807) is 24.3 Å². The molecular weight excluding hydrogens is 343 g/mol. The Morgan fingerprint density at radius 3 is 2.95 bits per heavy atom. The van der Waals surface area contributed by atoms with Crippen molar-refractivity contribution in [2.24, 2.45) is 0 Å². The van der Waals surface area contributed by atoms with Gasteiger partial charge in [0.25, 0.3) is 0 Å². The van der Waals surface area contributed by atoms with Gasteiger partial charge < -0.3 is 4.52 Å². The lowest BCUT2D eigenvalue weighted by Gasteiger charge is -2.15. The zero-order valence-electron chi connectivity index (χ0n) is 18.5. The van der Waals surface area contributed by atoms with Gasteiger partial charge in [0.1, 0.15) is 0 Å². The maximum atomic E-state index is 13.0. The van der Waals surface area contributed by atoms with Crippen LogP contribution in [0.1, 0.15) is 29.7 Å². The Balaban J connectivity index is 2.27. The van der Waals surface area contributed by atoms with Crippen molar-refractivity contribution < 1.29 is 23.2 Å². The molecule has 0 amide bonds. The van der Waals surface area contributed by atoms with E-state index in [2.05, 4.69) is 5.10 Å². The van der Waals surface area contributed by atoms with E-state index in [1.165, 1.54) is 24.0 Å². The number of hydrogen-bond donors (Lipinski definition) is 0. The van der Waals surface area contributed by atoms with Crippen molar-refractivity contribution in [3.63, 3.8) is 0 Å². The highest BCUT2D eigenvalue weighted by Gasteiger charge is 2.27. The van der Waals surface area contributed by atoms with Crippen LogP contribution in [0.2, 0.25) is 5.02 Å². The zero-order valence-corrected chi connectivity index (χ0v) is 14.0. The Kier molecular flexibility index (Phi) is 3.68. The fourth-order valence-electron chi connectivity index (χ4n) is 1.53. The molecule has 2 aromatic rings. The molecule has 0 bridgehead atoms. The molecule has 0 saturated heterocycles. The maximum absolute atomic E-state index is 13.0. The van der Waals surface area contributed by atoms with E-state index in [-0.39, 0.29) is 23.7 Å². The van der Waals surface area contributed by atoms with Gasteiger partial charge in [0.15, 0.2) is 5.75 Å². The van der Waals surface area contributed by atoms with E-state index in [0.29, 0.717) is 10.7 Å². The Bertz CT molecular complexity index is 892. The van der Waals surface area contributed by atoms with Gasteiger partial charge >= 0.3 is 6.80 Å². The molecule has 0 aliphatic rings. The van der Waals surface area contributed by atoms with Crippen LogP contribution in [0.15, 0.2) is 36.7 Å². The third-order valence-electron chi connectivity index (χ3n) is 2.36. The smallest absolute Gasteiger partial charge is 0.414 e. The van der Waals surface area contributed by atoms with E-state index in [9.17, 15) is 4.57 Å². The van der Waals surface area contributed by atoms with Crippen molar-refractivity contribution >= 4 is 29.8 Å². The fourth-order valence-corrected chi connectivity index (χ4v) is 3.94. The van der Waals surface area contributed by atoms with Crippen LogP contribution in [0.3, 0.4) is 0 Å². The van der Waals surface area contributed by atoms with E-state index in [1.807, 2.05) is 0 Å². The predicted octanol–water partition coefficient (Wildman–Crippen LogP) is 5.19. The van der Waals surface area contributed by atoms with E-state index in [0.717, 1.165) is 0 Å². The van der Waals surface area contributed by atoms with Gasteiger partial charge in [-0.2, -0.15) is 5.10 Å². The van der Waals surface area contributed by atoms with Crippen molar-refractivity contribution in [1.82, 2.24) is 9.78 Å². The molecule has 0 aliphatic carbocycles. The van der Waals surface area contributed by atoms with Gasteiger partial charge in [-0.05, 0) is 48.9 Å². The van der Waals surface area contributed by atoms with Crippen LogP contribution in [-0.4, -0.2) is 22.1 Å². The molecule has 1 heterocycles. The third kappa shape index (κ3) is 4.78. The zero-order chi connectivity index (χ0) is 22.1. The summed E-state index contributed by atoms with van der Waals surface area (Å²) < 4.78 is 77.6. The molecule has 2 rings (SSSR count). The monoisotopic (exact) mass is 367 g/mol. The summed E-state index contributed by atoms with van der Waals surface area (Å²) in [6.45, 7) is -6.28. The summed E-state index contributed by atoms with van der Waals surface area (Å²) >= 11 is 5.70. The van der Waals surface area contributed by atoms with Crippen LogP contribution in [0.25, 0.3) is 5.69 Å². The Morgan fingerprint density at radius 2 is 2.27 bits per heavy atom. The van der Waals surface area contributed by atoms with Crippen molar-refractivity contribution in [1.29, 1.82) is 0 Å². The normalized spacial score (nSPS) is 20.4. The summed E-state index contributed by atoms with van der Waals surface area (Å²) in [5.74, 6) is -0.0329. The van der Waals surface area contributed by atoms with Crippen LogP contribution < -0.4 is 4.52 Å². The molecule has 1 aromatic carbocycles. The van der Waals surface area contributed by atoms with Gasteiger partial charge in [0, 0.05) is 20.3 Å². The number of nitrogens with zero attached hydrogens (tertiary/aromatic N) is 2. The number of benzene rings is 1. The summed E-state index contributed by atoms with van der Waals surface area (Å²) in [6.07, 6.45) is -0.730. The molecule has 0 spiro atoms. The van der Waals surface area contributed by atoms with Crippen LogP contribution in [-0.2, 0) is 9.09 Å². The molecule has 120 valence electrons. The average molecular weight is 368 g/mol. The quantitative estimate of drug-likeness (QED) is 0.601. The summed E-state index contributed by atoms with van der Waals surface area (Å²) in [6, 6.07) is 6.65. The number of aromatic nitrogens is 2. The predicted molar refractivity (Wildman–Crippen MR) is 91.2 cm³/mol. The van der Waals surface area contributed by atoms with Gasteiger partial charge in [0.2, 0.25) is 0 Å². The largest absolute Gasteiger partial charge is 0.440 e. The van der Waals surface area contributed by atoms with Crippen LogP contribution >= 0.6 is 29.8 Å². The van der Waals surface area contributed by atoms with Crippen molar-refractivity contribution in [3.05, 3.63) is 41.7 Å². The lowest BCUT2D eigenvalue weighted by Crippen LogP contribution is -1.96. The van der Waals surface area contributed by atoms with Gasteiger partial charge in [0.05, 0.1) is 24.7 Å². The molecule has 0 radical (unpaired) electrons. The molecular formula is C14H18ClN2O3PS. The van der Waals surface area contributed by atoms with Gasteiger partial charge in [-0.15, -0.1) is 0 Å². The molecule has 22 heavy (non-hydrogen) atoms. The molecule has 1 unspecified atom stereocenters. The first-order valence-electron chi connectivity index (χ1n) is 9.66. The molecule has 1 aromatic heterocycles. The molecule has 0 saturated carbocycles. The summed E-state index contributed by atoms with van der Waals surface area (Å²) in [5.41, 5.74) is -2.48. The minimum absolute atomic E-state index is 0.0329. The van der Waals surface area contributed by atoms with Gasteiger partial charge in [-0.3, -0.25) is 4.52 Å². The fraction of sp³-hybridized carbons (Fsp3) is 0.357. The first-order chi connectivity index (χ1) is 13.2. The highest BCUT2D eigenvalue weighted by molar-refractivity contribution is 8.55. The summed E-state index contributed by atoms with van der Waals surface area (Å²) in [4.78, 5) is 0. The number of halogens is 1. The second kappa shape index (κ2) is 8.06.